The Morgan fingerprint density at radius 2 is 1.86 bits per heavy atom. The minimum absolute atomic E-state index is 0.0915. The van der Waals surface area contributed by atoms with Crippen LogP contribution in [0.4, 0.5) is 0 Å². The highest BCUT2D eigenvalue weighted by atomic mass is 16.2. The Labute approximate surface area is 164 Å². The van der Waals surface area contributed by atoms with E-state index in [4.69, 9.17) is 0 Å². The molecule has 2 heterocycles. The van der Waals surface area contributed by atoms with Gasteiger partial charge in [-0.05, 0) is 24.5 Å². The van der Waals surface area contributed by atoms with Gasteiger partial charge in [-0.25, -0.2) is 4.98 Å². The van der Waals surface area contributed by atoms with E-state index in [-0.39, 0.29) is 24.3 Å². The number of hydrogen-bond acceptors (Lipinski definition) is 4. The normalized spacial score (nSPS) is 11.0. The third-order valence-corrected chi connectivity index (χ3v) is 4.57. The lowest BCUT2D eigenvalue weighted by Gasteiger charge is -2.11. The maximum atomic E-state index is 12.8. The average molecular weight is 379 g/mol. The van der Waals surface area contributed by atoms with Crippen molar-refractivity contribution in [2.24, 2.45) is 7.05 Å². The Morgan fingerprint density at radius 3 is 2.54 bits per heavy atom. The largest absolute Gasteiger partial charge is 0.350 e. The summed E-state index contributed by atoms with van der Waals surface area (Å²) in [5.74, 6) is -0.380. The van der Waals surface area contributed by atoms with E-state index in [1.807, 2.05) is 58.2 Å². The predicted molar refractivity (Wildman–Crippen MR) is 108 cm³/mol. The van der Waals surface area contributed by atoms with Gasteiger partial charge in [0.2, 0.25) is 5.91 Å². The second kappa shape index (κ2) is 8.21. The molecule has 0 radical (unpaired) electrons. The number of benzene rings is 1. The summed E-state index contributed by atoms with van der Waals surface area (Å²) in [6.07, 6.45) is 0. The Kier molecular flexibility index (Phi) is 5.73. The molecule has 1 aromatic carbocycles. The summed E-state index contributed by atoms with van der Waals surface area (Å²) < 4.78 is 1.68. The molecule has 0 spiro atoms. The molecule has 3 rings (SSSR count). The van der Waals surface area contributed by atoms with Crippen molar-refractivity contribution >= 4 is 22.8 Å². The number of fused-ring (bicyclic) bond motifs is 1. The first kappa shape index (κ1) is 19.5. The lowest BCUT2D eigenvalue weighted by atomic mass is 10.0. The van der Waals surface area contributed by atoms with Crippen LogP contribution >= 0.6 is 0 Å². The Morgan fingerprint density at radius 1 is 1.14 bits per heavy atom. The van der Waals surface area contributed by atoms with Gasteiger partial charge >= 0.3 is 0 Å². The number of hydrogen-bond donors (Lipinski definition) is 2. The van der Waals surface area contributed by atoms with E-state index in [1.165, 1.54) is 0 Å². The first-order valence-corrected chi connectivity index (χ1v) is 9.30. The van der Waals surface area contributed by atoms with Crippen molar-refractivity contribution in [3.63, 3.8) is 0 Å². The number of carbonyl (C=O) groups is 2. The summed E-state index contributed by atoms with van der Waals surface area (Å²) in [7, 11) is 1.81. The van der Waals surface area contributed by atoms with Crippen LogP contribution in [0.2, 0.25) is 0 Å². The van der Waals surface area contributed by atoms with E-state index in [0.717, 1.165) is 17.0 Å². The monoisotopic (exact) mass is 379 g/mol. The van der Waals surface area contributed by atoms with Crippen molar-refractivity contribution in [2.75, 3.05) is 6.54 Å². The molecular formula is C21H25N5O2. The van der Waals surface area contributed by atoms with E-state index in [9.17, 15) is 9.59 Å². The second-order valence-corrected chi connectivity index (χ2v) is 7.10. The molecule has 2 amide bonds. The first-order valence-electron chi connectivity index (χ1n) is 9.30. The number of rotatable bonds is 6. The third-order valence-electron chi connectivity index (χ3n) is 4.57. The summed E-state index contributed by atoms with van der Waals surface area (Å²) >= 11 is 0. The van der Waals surface area contributed by atoms with Gasteiger partial charge in [0.1, 0.15) is 0 Å². The number of aryl methyl sites for hydroxylation is 2. The maximum Gasteiger partial charge on any atom is 0.252 e. The molecule has 0 unspecified atom stereocenters. The van der Waals surface area contributed by atoms with Crippen LogP contribution in [0, 0.1) is 6.92 Å². The molecule has 0 atom stereocenters. The third kappa shape index (κ3) is 4.19. The fourth-order valence-corrected chi connectivity index (χ4v) is 3.05. The second-order valence-electron chi connectivity index (χ2n) is 7.10. The zero-order valence-electron chi connectivity index (χ0n) is 16.6. The van der Waals surface area contributed by atoms with Crippen LogP contribution in [0.15, 0.2) is 36.4 Å². The van der Waals surface area contributed by atoms with Gasteiger partial charge < -0.3 is 10.6 Å². The van der Waals surface area contributed by atoms with Gasteiger partial charge in [-0.1, -0.05) is 44.2 Å². The Balaban J connectivity index is 1.73. The van der Waals surface area contributed by atoms with Gasteiger partial charge in [-0.2, -0.15) is 5.10 Å². The molecule has 7 heteroatoms. The maximum absolute atomic E-state index is 12.8. The summed E-state index contributed by atoms with van der Waals surface area (Å²) in [5, 5.41) is 10.6. The topological polar surface area (TPSA) is 88.9 Å². The molecule has 28 heavy (non-hydrogen) atoms. The zero-order valence-corrected chi connectivity index (χ0v) is 16.6. The van der Waals surface area contributed by atoms with Crippen molar-refractivity contribution in [2.45, 2.75) is 33.2 Å². The molecule has 7 nitrogen and oxygen atoms in total. The predicted octanol–water partition coefficient (Wildman–Crippen LogP) is 2.45. The number of pyridine rings is 1. The molecule has 146 valence electrons. The van der Waals surface area contributed by atoms with Crippen molar-refractivity contribution in [3.05, 3.63) is 58.9 Å². The molecule has 0 saturated heterocycles. The average Bonchev–Trinajstić information content (AvgIpc) is 2.98. The summed E-state index contributed by atoms with van der Waals surface area (Å²) in [6, 6.07) is 11.4. The Bertz CT molecular complexity index is 1010. The summed E-state index contributed by atoms with van der Waals surface area (Å²) in [6.45, 7) is 6.23. The highest BCUT2D eigenvalue weighted by Crippen LogP contribution is 2.24. The van der Waals surface area contributed by atoms with Crippen LogP contribution in [0.3, 0.4) is 0 Å². The standard InChI is InChI=1S/C21H25N5O2/c1-13(2)17-10-16(19-14(3)25-26(4)20(19)24-17)21(28)23-12-18(27)22-11-15-8-6-5-7-9-15/h5-10,13H,11-12H2,1-4H3,(H,22,27)(H,23,28). The fraction of sp³-hybridized carbons (Fsp3) is 0.333. The molecule has 0 aliphatic carbocycles. The SMILES string of the molecule is Cc1nn(C)c2nc(C(C)C)cc(C(=O)NCC(=O)NCc3ccccc3)c12. The smallest absolute Gasteiger partial charge is 0.252 e. The molecule has 0 fully saturated rings. The number of nitrogens with one attached hydrogen (secondary N) is 2. The van der Waals surface area contributed by atoms with Crippen LogP contribution in [-0.2, 0) is 18.4 Å². The van der Waals surface area contributed by atoms with E-state index < -0.39 is 0 Å². The first-order chi connectivity index (χ1) is 13.4. The van der Waals surface area contributed by atoms with E-state index >= 15 is 0 Å². The summed E-state index contributed by atoms with van der Waals surface area (Å²) in [5.41, 5.74) is 3.72. The minimum atomic E-state index is -0.305. The van der Waals surface area contributed by atoms with Gasteiger partial charge in [0.05, 0.1) is 23.2 Å². The van der Waals surface area contributed by atoms with Crippen molar-refractivity contribution in [1.29, 1.82) is 0 Å². The molecule has 0 bridgehead atoms. The van der Waals surface area contributed by atoms with Crippen LogP contribution < -0.4 is 10.6 Å². The lowest BCUT2D eigenvalue weighted by molar-refractivity contribution is -0.120. The van der Waals surface area contributed by atoms with Crippen LogP contribution in [-0.4, -0.2) is 33.1 Å². The van der Waals surface area contributed by atoms with Crippen molar-refractivity contribution in [1.82, 2.24) is 25.4 Å². The zero-order chi connectivity index (χ0) is 20.3. The van der Waals surface area contributed by atoms with E-state index in [1.54, 1.807) is 10.7 Å². The molecule has 2 aromatic heterocycles. The fourth-order valence-electron chi connectivity index (χ4n) is 3.05. The number of nitrogens with zero attached hydrogens (tertiary/aromatic N) is 3. The number of amides is 2. The van der Waals surface area contributed by atoms with Gasteiger partial charge in [0.15, 0.2) is 5.65 Å². The molecule has 3 aromatic rings. The van der Waals surface area contributed by atoms with E-state index in [0.29, 0.717) is 23.1 Å². The highest BCUT2D eigenvalue weighted by Gasteiger charge is 2.20. The van der Waals surface area contributed by atoms with E-state index in [2.05, 4.69) is 20.7 Å². The van der Waals surface area contributed by atoms with Gasteiger partial charge in [0.25, 0.3) is 5.91 Å². The van der Waals surface area contributed by atoms with Gasteiger partial charge in [-0.15, -0.1) is 0 Å². The van der Waals surface area contributed by atoms with Gasteiger partial charge in [0, 0.05) is 19.3 Å². The highest BCUT2D eigenvalue weighted by molar-refractivity contribution is 6.07. The van der Waals surface area contributed by atoms with Crippen molar-refractivity contribution < 1.29 is 9.59 Å². The quantitative estimate of drug-likeness (QED) is 0.688. The van der Waals surface area contributed by atoms with Crippen LogP contribution in [0.5, 0.6) is 0 Å². The lowest BCUT2D eigenvalue weighted by Crippen LogP contribution is -2.36. The number of carbonyl (C=O) groups excluding carboxylic acids is 2. The summed E-state index contributed by atoms with van der Waals surface area (Å²) in [4.78, 5) is 29.6. The van der Waals surface area contributed by atoms with Crippen molar-refractivity contribution in [3.8, 4) is 0 Å². The van der Waals surface area contributed by atoms with Gasteiger partial charge in [-0.3, -0.25) is 14.3 Å². The molecule has 0 aliphatic rings. The molecule has 0 saturated carbocycles. The molecular weight excluding hydrogens is 354 g/mol. The van der Waals surface area contributed by atoms with Crippen LogP contribution in [0.25, 0.3) is 11.0 Å². The molecule has 2 N–H and O–H groups in total. The Hall–Kier alpha value is -3.22. The number of aromatic nitrogens is 3. The van der Waals surface area contributed by atoms with Crippen LogP contribution in [0.1, 0.15) is 47.1 Å². The minimum Gasteiger partial charge on any atom is -0.350 e. The molecule has 0 aliphatic heterocycles.